The SMILES string of the molecule is C1=CC2SC=C(c3ccc4ccc5c(-c6cccc(-c7cccc(-c8cccc(-c9ccc%10ccc%11c(-c%12csc%13ccccc%12%13)ccc%12ccc9c%10c%12%11)c8)c7)c6)ccc6ccc3c4c65)C2C=C1. The highest BCUT2D eigenvalue weighted by molar-refractivity contribution is 8.03. The maximum Gasteiger partial charge on any atom is 0.0375 e. The highest BCUT2D eigenvalue weighted by Crippen LogP contribution is 2.49. The quantitative estimate of drug-likeness (QED) is 0.150. The van der Waals surface area contributed by atoms with Crippen molar-refractivity contribution in [2.24, 2.45) is 5.92 Å². The standard InChI is InChI=1S/C66H40S2/c1-3-16-61-53(14-1)59(37-67-61)51-28-20-41-22-30-55-49(26-18-39-24-32-57(51)65(41)63(39)55)47-12-6-10-45(35-47)43-8-5-9-44(34-43)46-11-7-13-48(36-46)50-27-19-40-25-33-58-52(60-38-68-62-17-4-2-15-54(60)62)29-21-42-23-31-56(50)64(40)66(42)58/h1-38,53,61H. The third-order valence-corrected chi connectivity index (χ3v) is 17.2. The molecule has 0 saturated heterocycles. The Morgan fingerprint density at radius 3 is 1.34 bits per heavy atom. The second-order valence-electron chi connectivity index (χ2n) is 18.7. The molecule has 0 fully saturated rings. The Morgan fingerprint density at radius 2 is 0.765 bits per heavy atom. The van der Waals surface area contributed by atoms with E-state index in [9.17, 15) is 0 Å². The van der Waals surface area contributed by atoms with Gasteiger partial charge in [0.25, 0.3) is 0 Å². The zero-order valence-corrected chi connectivity index (χ0v) is 38.5. The van der Waals surface area contributed by atoms with Crippen molar-refractivity contribution in [3.05, 3.63) is 235 Å². The number of thioether (sulfide) groups is 1. The van der Waals surface area contributed by atoms with Gasteiger partial charge in [-0.3, -0.25) is 0 Å². The fourth-order valence-electron chi connectivity index (χ4n) is 11.9. The van der Waals surface area contributed by atoms with Gasteiger partial charge in [-0.05, 0) is 161 Å². The summed E-state index contributed by atoms with van der Waals surface area (Å²) in [6.45, 7) is 0. The van der Waals surface area contributed by atoms with Crippen molar-refractivity contribution in [2.75, 3.05) is 0 Å². The van der Waals surface area contributed by atoms with Gasteiger partial charge in [-0.1, -0.05) is 194 Å². The lowest BCUT2D eigenvalue weighted by Gasteiger charge is -2.21. The summed E-state index contributed by atoms with van der Waals surface area (Å²) in [4.78, 5) is 0. The van der Waals surface area contributed by atoms with Crippen LogP contribution in [-0.4, -0.2) is 5.25 Å². The van der Waals surface area contributed by atoms with Crippen LogP contribution in [0.25, 0.3) is 136 Å². The predicted molar refractivity (Wildman–Crippen MR) is 298 cm³/mol. The molecule has 13 aromatic rings. The number of allylic oxidation sites excluding steroid dienone is 4. The molecule has 0 spiro atoms. The van der Waals surface area contributed by atoms with Gasteiger partial charge in [-0.15, -0.1) is 23.1 Å². The van der Waals surface area contributed by atoms with Crippen molar-refractivity contribution < 1.29 is 0 Å². The van der Waals surface area contributed by atoms with Gasteiger partial charge in [0, 0.05) is 26.8 Å². The fourth-order valence-corrected chi connectivity index (χ4v) is 14.0. The maximum atomic E-state index is 2.40. The smallest absolute Gasteiger partial charge is 0.0375 e. The van der Waals surface area contributed by atoms with Gasteiger partial charge in [-0.2, -0.15) is 0 Å². The topological polar surface area (TPSA) is 0 Å². The molecule has 0 N–H and O–H groups in total. The van der Waals surface area contributed by atoms with Crippen molar-refractivity contribution in [2.45, 2.75) is 5.25 Å². The monoisotopic (exact) mass is 896 g/mol. The number of hydrogen-bond acceptors (Lipinski definition) is 2. The lowest BCUT2D eigenvalue weighted by Crippen LogP contribution is -2.11. The van der Waals surface area contributed by atoms with E-state index >= 15 is 0 Å². The summed E-state index contributed by atoms with van der Waals surface area (Å²) < 4.78 is 1.33. The largest absolute Gasteiger partial charge is 0.143 e. The minimum absolute atomic E-state index is 0.413. The van der Waals surface area contributed by atoms with E-state index in [1.165, 1.54) is 141 Å². The summed E-state index contributed by atoms with van der Waals surface area (Å²) in [6.07, 6.45) is 9.13. The molecule has 1 aliphatic carbocycles. The molecule has 0 nitrogen and oxygen atoms in total. The van der Waals surface area contributed by atoms with Crippen LogP contribution in [0.4, 0.5) is 0 Å². The molecule has 1 aromatic heterocycles. The second kappa shape index (κ2) is 14.9. The molecule has 1 aliphatic heterocycles. The molecule has 68 heavy (non-hydrogen) atoms. The maximum absolute atomic E-state index is 2.40. The van der Waals surface area contributed by atoms with E-state index in [0.29, 0.717) is 11.2 Å². The van der Waals surface area contributed by atoms with Crippen LogP contribution in [-0.2, 0) is 0 Å². The summed E-state index contributed by atoms with van der Waals surface area (Å²) in [7, 11) is 0. The summed E-state index contributed by atoms with van der Waals surface area (Å²) in [5.74, 6) is 0.413. The van der Waals surface area contributed by atoms with Crippen molar-refractivity contribution in [3.63, 3.8) is 0 Å². The molecule has 0 saturated carbocycles. The normalized spacial score (nSPS) is 15.9. The van der Waals surface area contributed by atoms with Gasteiger partial charge in [-0.25, -0.2) is 0 Å². The molecule has 0 bridgehead atoms. The molecule has 0 radical (unpaired) electrons. The number of benzene rings is 12. The number of thiophene rings is 1. The third kappa shape index (κ3) is 5.75. The van der Waals surface area contributed by atoms with Crippen LogP contribution in [0, 0.1) is 5.92 Å². The Bertz CT molecular complexity index is 4310. The molecule has 12 aromatic carbocycles. The fraction of sp³-hybridized carbons (Fsp3) is 0.0303. The summed E-state index contributed by atoms with van der Waals surface area (Å²) >= 11 is 3.78. The van der Waals surface area contributed by atoms with Gasteiger partial charge < -0.3 is 0 Å². The van der Waals surface area contributed by atoms with Gasteiger partial charge >= 0.3 is 0 Å². The molecule has 2 heterocycles. The zero-order chi connectivity index (χ0) is 44.5. The lowest BCUT2D eigenvalue weighted by atomic mass is 9.83. The van der Waals surface area contributed by atoms with Crippen LogP contribution >= 0.6 is 23.1 Å². The Balaban J connectivity index is 0.796. The molecule has 15 rings (SSSR count). The molecular weight excluding hydrogens is 857 g/mol. The number of rotatable bonds is 6. The van der Waals surface area contributed by atoms with Crippen molar-refractivity contribution in [1.29, 1.82) is 0 Å². The Morgan fingerprint density at radius 1 is 0.324 bits per heavy atom. The van der Waals surface area contributed by atoms with Crippen LogP contribution in [0.3, 0.4) is 0 Å². The van der Waals surface area contributed by atoms with E-state index in [0.717, 1.165) is 0 Å². The summed E-state index contributed by atoms with van der Waals surface area (Å²) in [5.41, 5.74) is 15.2. The Labute approximate surface area is 402 Å². The summed E-state index contributed by atoms with van der Waals surface area (Å²) in [5, 5.41) is 22.4. The van der Waals surface area contributed by atoms with Gasteiger partial charge in [0.05, 0.1) is 0 Å². The lowest BCUT2D eigenvalue weighted by molar-refractivity contribution is 0.877. The molecular formula is C66H40S2. The zero-order valence-electron chi connectivity index (χ0n) is 36.9. The van der Waals surface area contributed by atoms with E-state index in [1.54, 1.807) is 0 Å². The van der Waals surface area contributed by atoms with Crippen LogP contribution in [0.1, 0.15) is 5.56 Å². The Hall–Kier alpha value is -7.75. The second-order valence-corrected chi connectivity index (χ2v) is 20.6. The van der Waals surface area contributed by atoms with E-state index in [4.69, 9.17) is 0 Å². The van der Waals surface area contributed by atoms with Gasteiger partial charge in [0.1, 0.15) is 0 Å². The molecule has 2 atom stereocenters. The number of hydrogen-bond donors (Lipinski definition) is 0. The average molecular weight is 897 g/mol. The van der Waals surface area contributed by atoms with Crippen LogP contribution in [0.2, 0.25) is 0 Å². The van der Waals surface area contributed by atoms with Crippen molar-refractivity contribution >= 4 is 103 Å². The molecule has 316 valence electrons. The molecule has 0 amide bonds. The first-order chi connectivity index (χ1) is 33.7. The highest BCUT2D eigenvalue weighted by atomic mass is 32.2. The van der Waals surface area contributed by atoms with E-state index in [2.05, 4.69) is 229 Å². The molecule has 2 heteroatoms. The highest BCUT2D eigenvalue weighted by Gasteiger charge is 2.30. The first-order valence-corrected chi connectivity index (χ1v) is 25.4. The van der Waals surface area contributed by atoms with Crippen LogP contribution in [0.5, 0.6) is 0 Å². The van der Waals surface area contributed by atoms with Crippen LogP contribution in [0.15, 0.2) is 229 Å². The molecule has 2 unspecified atom stereocenters. The van der Waals surface area contributed by atoms with E-state index in [1.807, 2.05) is 23.1 Å². The first-order valence-electron chi connectivity index (χ1n) is 23.6. The van der Waals surface area contributed by atoms with E-state index in [-0.39, 0.29) is 0 Å². The van der Waals surface area contributed by atoms with Crippen molar-refractivity contribution in [1.82, 2.24) is 0 Å². The molecule has 2 aliphatic rings. The predicted octanol–water partition coefficient (Wildman–Crippen LogP) is 19.2. The van der Waals surface area contributed by atoms with Gasteiger partial charge in [0.2, 0.25) is 0 Å². The number of fused-ring (bicyclic) bond motifs is 2. The average Bonchev–Trinajstić information content (AvgIpc) is 4.04. The third-order valence-electron chi connectivity index (χ3n) is 15.1. The van der Waals surface area contributed by atoms with E-state index < -0.39 is 0 Å². The summed E-state index contributed by atoms with van der Waals surface area (Å²) in [6, 6.07) is 73.4. The van der Waals surface area contributed by atoms with Crippen LogP contribution < -0.4 is 0 Å². The first kappa shape index (κ1) is 38.4. The minimum Gasteiger partial charge on any atom is -0.143 e. The minimum atomic E-state index is 0.413. The Kier molecular flexibility index (Phi) is 8.39. The van der Waals surface area contributed by atoms with Crippen molar-refractivity contribution in [3.8, 4) is 55.6 Å². The van der Waals surface area contributed by atoms with Gasteiger partial charge in [0.15, 0.2) is 0 Å².